The van der Waals surface area contributed by atoms with E-state index < -0.39 is 0 Å². The van der Waals surface area contributed by atoms with Crippen LogP contribution in [0.3, 0.4) is 0 Å². The normalized spacial score (nSPS) is 18.1. The maximum atomic E-state index is 12.3. The average molecular weight is 242 g/mol. The number of amides is 1. The minimum absolute atomic E-state index is 0.214. The molecule has 4 heteroatoms. The first-order valence-corrected chi connectivity index (χ1v) is 6.55. The van der Waals surface area contributed by atoms with Gasteiger partial charge >= 0.3 is 0 Å². The van der Waals surface area contributed by atoms with Gasteiger partial charge in [-0.3, -0.25) is 4.79 Å². The van der Waals surface area contributed by atoms with Crippen molar-refractivity contribution in [2.24, 2.45) is 0 Å². The zero-order valence-electron chi connectivity index (χ0n) is 11.6. The number of methoxy groups -OCH3 is 1. The lowest BCUT2D eigenvalue weighted by molar-refractivity contribution is -0.139. The summed E-state index contributed by atoms with van der Waals surface area (Å²) in [5.41, 5.74) is -0.364. The lowest BCUT2D eigenvalue weighted by Gasteiger charge is -2.35. The van der Waals surface area contributed by atoms with E-state index in [4.69, 9.17) is 4.74 Å². The quantitative estimate of drug-likeness (QED) is 0.792. The fraction of sp³-hybridized carbons (Fsp3) is 0.923. The van der Waals surface area contributed by atoms with E-state index in [0.29, 0.717) is 12.5 Å². The van der Waals surface area contributed by atoms with Crippen molar-refractivity contribution < 1.29 is 9.53 Å². The van der Waals surface area contributed by atoms with Gasteiger partial charge < -0.3 is 15.0 Å². The third-order valence-corrected chi connectivity index (χ3v) is 3.54. The number of ether oxygens (including phenoxy) is 1. The maximum Gasteiger partial charge on any atom is 0.225 e. The van der Waals surface area contributed by atoms with Crippen molar-refractivity contribution >= 4 is 5.91 Å². The minimum atomic E-state index is -0.364. The summed E-state index contributed by atoms with van der Waals surface area (Å²) in [6.45, 7) is 8.80. The first kappa shape index (κ1) is 14.5. The monoisotopic (exact) mass is 242 g/mol. The van der Waals surface area contributed by atoms with Crippen LogP contribution in [0.2, 0.25) is 0 Å². The molecule has 1 saturated heterocycles. The van der Waals surface area contributed by atoms with E-state index in [1.54, 1.807) is 7.11 Å². The molecule has 1 rings (SSSR count). The standard InChI is InChI=1S/C13H26N2O2/c1-5-15(11-6-8-14-9-7-11)12(16)10-13(2,3)17-4/h11,14H,5-10H2,1-4H3. The number of hydrogen-bond acceptors (Lipinski definition) is 3. The van der Waals surface area contributed by atoms with Gasteiger partial charge in [0.15, 0.2) is 0 Å². The summed E-state index contributed by atoms with van der Waals surface area (Å²) in [4.78, 5) is 14.3. The third-order valence-electron chi connectivity index (χ3n) is 3.54. The molecule has 0 aliphatic carbocycles. The molecular weight excluding hydrogens is 216 g/mol. The predicted molar refractivity (Wildman–Crippen MR) is 69.0 cm³/mol. The minimum Gasteiger partial charge on any atom is -0.378 e. The molecule has 1 N–H and O–H groups in total. The Kier molecular flexibility index (Phi) is 5.40. The number of carbonyl (C=O) groups is 1. The van der Waals surface area contributed by atoms with Crippen molar-refractivity contribution in [3.8, 4) is 0 Å². The van der Waals surface area contributed by atoms with Crippen LogP contribution in [0.25, 0.3) is 0 Å². The first-order chi connectivity index (χ1) is 8.00. The van der Waals surface area contributed by atoms with Crippen molar-refractivity contribution in [1.29, 1.82) is 0 Å². The number of nitrogens with one attached hydrogen (secondary N) is 1. The van der Waals surface area contributed by atoms with Gasteiger partial charge in [0, 0.05) is 19.7 Å². The Labute approximate surface area is 105 Å². The van der Waals surface area contributed by atoms with Crippen molar-refractivity contribution in [2.45, 2.75) is 51.7 Å². The van der Waals surface area contributed by atoms with Crippen LogP contribution in [-0.4, -0.2) is 49.2 Å². The Balaban J connectivity index is 2.57. The Bertz CT molecular complexity index is 248. The molecule has 0 unspecified atom stereocenters. The summed E-state index contributed by atoms with van der Waals surface area (Å²) < 4.78 is 5.33. The molecule has 1 heterocycles. The van der Waals surface area contributed by atoms with Crippen molar-refractivity contribution in [3.63, 3.8) is 0 Å². The molecule has 1 amide bonds. The SMILES string of the molecule is CCN(C(=O)CC(C)(C)OC)C1CCNCC1. The fourth-order valence-corrected chi connectivity index (χ4v) is 2.29. The molecule has 17 heavy (non-hydrogen) atoms. The van der Waals surface area contributed by atoms with Gasteiger partial charge in [0.25, 0.3) is 0 Å². The summed E-state index contributed by atoms with van der Waals surface area (Å²) >= 11 is 0. The number of rotatable bonds is 5. The zero-order valence-corrected chi connectivity index (χ0v) is 11.6. The van der Waals surface area contributed by atoms with E-state index in [-0.39, 0.29) is 11.5 Å². The topological polar surface area (TPSA) is 41.6 Å². The summed E-state index contributed by atoms with van der Waals surface area (Å²) in [6, 6.07) is 0.404. The fourth-order valence-electron chi connectivity index (χ4n) is 2.29. The second-order valence-corrected chi connectivity index (χ2v) is 5.30. The van der Waals surface area contributed by atoms with Gasteiger partial charge in [0.05, 0.1) is 12.0 Å². The molecule has 1 aliphatic heterocycles. The molecular formula is C13H26N2O2. The van der Waals surface area contributed by atoms with Crippen molar-refractivity contribution in [1.82, 2.24) is 10.2 Å². The molecule has 100 valence electrons. The number of hydrogen-bond donors (Lipinski definition) is 1. The Morgan fingerprint density at radius 3 is 2.47 bits per heavy atom. The molecule has 0 spiro atoms. The highest BCUT2D eigenvalue weighted by Gasteiger charge is 2.28. The van der Waals surface area contributed by atoms with Gasteiger partial charge in [0.1, 0.15) is 0 Å². The lowest BCUT2D eigenvalue weighted by Crippen LogP contribution is -2.47. The molecule has 0 aromatic rings. The van der Waals surface area contributed by atoms with Gasteiger partial charge in [-0.1, -0.05) is 0 Å². The van der Waals surface area contributed by atoms with E-state index >= 15 is 0 Å². The van der Waals surface area contributed by atoms with Crippen LogP contribution in [-0.2, 0) is 9.53 Å². The van der Waals surface area contributed by atoms with Crippen LogP contribution in [0.4, 0.5) is 0 Å². The molecule has 0 aromatic carbocycles. The molecule has 1 aliphatic rings. The first-order valence-electron chi connectivity index (χ1n) is 6.55. The summed E-state index contributed by atoms with van der Waals surface area (Å²) in [7, 11) is 1.66. The number of piperidine rings is 1. The van der Waals surface area contributed by atoms with Crippen LogP contribution < -0.4 is 5.32 Å². The lowest BCUT2D eigenvalue weighted by atomic mass is 10.0. The van der Waals surface area contributed by atoms with Gasteiger partial charge in [-0.25, -0.2) is 0 Å². The zero-order chi connectivity index (χ0) is 12.9. The molecule has 0 bridgehead atoms. The van der Waals surface area contributed by atoms with Crippen molar-refractivity contribution in [3.05, 3.63) is 0 Å². The summed E-state index contributed by atoms with van der Waals surface area (Å²) in [5.74, 6) is 0.214. The molecule has 0 saturated carbocycles. The molecule has 1 fully saturated rings. The molecule has 0 aromatic heterocycles. The maximum absolute atomic E-state index is 12.3. The van der Waals surface area contributed by atoms with Crippen LogP contribution in [0, 0.1) is 0 Å². The second-order valence-electron chi connectivity index (χ2n) is 5.30. The van der Waals surface area contributed by atoms with Gasteiger partial charge in [-0.05, 0) is 46.7 Å². The molecule has 0 atom stereocenters. The van der Waals surface area contributed by atoms with E-state index in [1.807, 2.05) is 18.7 Å². The number of carbonyl (C=O) groups excluding carboxylic acids is 1. The van der Waals surface area contributed by atoms with E-state index in [1.165, 1.54) is 0 Å². The van der Waals surface area contributed by atoms with Gasteiger partial charge in [-0.2, -0.15) is 0 Å². The highest BCUT2D eigenvalue weighted by atomic mass is 16.5. The van der Waals surface area contributed by atoms with Crippen LogP contribution in [0.15, 0.2) is 0 Å². The van der Waals surface area contributed by atoms with E-state index in [2.05, 4.69) is 12.2 Å². The van der Waals surface area contributed by atoms with E-state index in [0.717, 1.165) is 32.5 Å². The average Bonchev–Trinajstić information content (AvgIpc) is 2.31. The molecule has 4 nitrogen and oxygen atoms in total. The third kappa shape index (κ3) is 4.28. The second kappa shape index (κ2) is 6.36. The largest absolute Gasteiger partial charge is 0.378 e. The van der Waals surface area contributed by atoms with Crippen molar-refractivity contribution in [2.75, 3.05) is 26.7 Å². The smallest absolute Gasteiger partial charge is 0.225 e. The highest BCUT2D eigenvalue weighted by Crippen LogP contribution is 2.18. The Morgan fingerprint density at radius 1 is 1.41 bits per heavy atom. The number of nitrogens with zero attached hydrogens (tertiary/aromatic N) is 1. The van der Waals surface area contributed by atoms with Gasteiger partial charge in [-0.15, -0.1) is 0 Å². The van der Waals surface area contributed by atoms with Gasteiger partial charge in [0.2, 0.25) is 5.91 Å². The Hall–Kier alpha value is -0.610. The Morgan fingerprint density at radius 2 is 2.00 bits per heavy atom. The van der Waals surface area contributed by atoms with Crippen LogP contribution in [0.1, 0.15) is 40.0 Å². The van der Waals surface area contributed by atoms with E-state index in [9.17, 15) is 4.79 Å². The summed E-state index contributed by atoms with van der Waals surface area (Å²) in [6.07, 6.45) is 2.58. The molecule has 0 radical (unpaired) electrons. The predicted octanol–water partition coefficient (Wildman–Crippen LogP) is 1.40. The highest BCUT2D eigenvalue weighted by molar-refractivity contribution is 5.77. The van der Waals surface area contributed by atoms with Crippen LogP contribution in [0.5, 0.6) is 0 Å². The van der Waals surface area contributed by atoms with Crippen LogP contribution >= 0.6 is 0 Å². The summed E-state index contributed by atoms with van der Waals surface area (Å²) in [5, 5.41) is 3.33.